The lowest BCUT2D eigenvalue weighted by molar-refractivity contribution is -0.141. The maximum Gasteiger partial charge on any atom is 0.437 e. The average molecular weight is 579 g/mol. The minimum Gasteiger partial charge on any atom is -0.420 e. The van der Waals surface area contributed by atoms with Gasteiger partial charge in [0.25, 0.3) is 6.01 Å². The van der Waals surface area contributed by atoms with Crippen LogP contribution in [0.2, 0.25) is 10.0 Å². The number of Topliss-reactive ketones (excluding diaryl/α,β-unsaturated/α-hetero) is 1. The lowest BCUT2D eigenvalue weighted by Gasteiger charge is -2.29. The zero-order valence-corrected chi connectivity index (χ0v) is 22.2. The first kappa shape index (κ1) is 27.1. The van der Waals surface area contributed by atoms with Crippen LogP contribution in [-0.4, -0.2) is 34.5 Å². The Morgan fingerprint density at radius 1 is 1.15 bits per heavy atom. The van der Waals surface area contributed by atoms with E-state index >= 15 is 0 Å². The molecule has 12 heteroatoms. The summed E-state index contributed by atoms with van der Waals surface area (Å²) in [6.07, 6.45) is -1.88. The highest BCUT2D eigenvalue weighted by Crippen LogP contribution is 2.36. The molecule has 5 rings (SSSR count). The van der Waals surface area contributed by atoms with E-state index < -0.39 is 29.4 Å². The molecule has 7 nitrogen and oxygen atoms in total. The molecule has 1 unspecified atom stereocenters. The molecule has 1 atom stereocenters. The van der Waals surface area contributed by atoms with E-state index in [2.05, 4.69) is 10.3 Å². The molecule has 0 radical (unpaired) electrons. The van der Waals surface area contributed by atoms with Crippen molar-refractivity contribution >= 4 is 57.6 Å². The zero-order chi connectivity index (χ0) is 27.9. The maximum atomic E-state index is 13.7. The quantitative estimate of drug-likeness (QED) is 0.245. The number of hydrogen-bond acceptors (Lipinski definition) is 5. The molecule has 0 bridgehead atoms. The van der Waals surface area contributed by atoms with E-state index in [0.29, 0.717) is 29.6 Å². The molecular weight excluding hydrogens is 556 g/mol. The van der Waals surface area contributed by atoms with Gasteiger partial charge < -0.3 is 14.6 Å². The van der Waals surface area contributed by atoms with Crippen LogP contribution in [0.1, 0.15) is 41.6 Å². The minimum absolute atomic E-state index is 0.186. The number of nitrogens with zero attached hydrogens (tertiary/aromatic N) is 3. The van der Waals surface area contributed by atoms with E-state index in [1.165, 1.54) is 10.8 Å². The van der Waals surface area contributed by atoms with Crippen LogP contribution in [0.5, 0.6) is 0 Å². The van der Waals surface area contributed by atoms with Crippen molar-refractivity contribution in [2.45, 2.75) is 32.4 Å². The summed E-state index contributed by atoms with van der Waals surface area (Å²) in [6, 6.07) is 10.6. The average Bonchev–Trinajstić information content (AvgIpc) is 3.51. The van der Waals surface area contributed by atoms with Gasteiger partial charge in [-0.15, -0.1) is 0 Å². The monoisotopic (exact) mass is 578 g/mol. The van der Waals surface area contributed by atoms with Gasteiger partial charge in [-0.2, -0.15) is 18.2 Å². The Balaban J connectivity index is 1.37. The standard InChI is InChI=1S/C27H23Cl2F3N4O3/c1-15-4-3-10-35(14-15)26-34-24(27(30,31)32)23(39-26)21(37)13-16-7-8-20-17(12-16)9-11-36(20)25(38)33-22-18(28)5-2-6-19(22)29/h2,5-9,11-12,15H,3-4,10,13-14H2,1H3,(H,33,38). The van der Waals surface area contributed by atoms with Crippen molar-refractivity contribution in [3.8, 4) is 0 Å². The molecule has 1 N–H and O–H groups in total. The minimum atomic E-state index is -4.84. The normalized spacial score (nSPS) is 16.1. The van der Waals surface area contributed by atoms with Crippen molar-refractivity contribution in [2.24, 2.45) is 5.92 Å². The zero-order valence-electron chi connectivity index (χ0n) is 20.7. The number of ketones is 1. The van der Waals surface area contributed by atoms with Gasteiger partial charge >= 0.3 is 12.2 Å². The van der Waals surface area contributed by atoms with E-state index in [1.54, 1.807) is 47.4 Å². The topological polar surface area (TPSA) is 80.4 Å². The number of para-hydroxylation sites is 1. The van der Waals surface area contributed by atoms with Crippen LogP contribution in [0.4, 0.5) is 29.7 Å². The Hall–Kier alpha value is -3.50. The molecule has 1 aliphatic heterocycles. The SMILES string of the molecule is CC1CCCN(c2nc(C(F)(F)F)c(C(=O)Cc3ccc4c(ccn4C(=O)Nc4c(Cl)cccc4Cl)c3)o2)C1. The van der Waals surface area contributed by atoms with E-state index in [0.717, 1.165) is 12.8 Å². The van der Waals surface area contributed by atoms with Crippen molar-refractivity contribution in [1.29, 1.82) is 0 Å². The summed E-state index contributed by atoms with van der Waals surface area (Å²) in [6.45, 7) is 3.03. The predicted molar refractivity (Wildman–Crippen MR) is 143 cm³/mol. The highest BCUT2D eigenvalue weighted by molar-refractivity contribution is 6.39. The second kappa shape index (κ2) is 10.6. The number of nitrogens with one attached hydrogen (secondary N) is 1. The largest absolute Gasteiger partial charge is 0.437 e. The van der Waals surface area contributed by atoms with Gasteiger partial charge in [0.1, 0.15) is 0 Å². The molecule has 1 saturated heterocycles. The molecule has 1 aliphatic rings. The summed E-state index contributed by atoms with van der Waals surface area (Å²) >= 11 is 12.3. The molecule has 0 saturated carbocycles. The molecule has 3 heterocycles. The third-order valence-corrected chi connectivity index (χ3v) is 7.23. The number of aromatic nitrogens is 2. The number of amides is 1. The molecular formula is C27H23Cl2F3N4O3. The second-order valence-electron chi connectivity index (χ2n) is 9.57. The number of carbonyl (C=O) groups is 2. The summed E-state index contributed by atoms with van der Waals surface area (Å²) in [4.78, 5) is 31.2. The van der Waals surface area contributed by atoms with Gasteiger partial charge in [-0.3, -0.25) is 9.36 Å². The number of fused-ring (bicyclic) bond motifs is 1. The Labute approximate surface area is 231 Å². The smallest absolute Gasteiger partial charge is 0.420 e. The number of oxazole rings is 1. The molecule has 39 heavy (non-hydrogen) atoms. The number of piperidine rings is 1. The van der Waals surface area contributed by atoms with Crippen molar-refractivity contribution in [1.82, 2.24) is 9.55 Å². The number of halogens is 5. The summed E-state index contributed by atoms with van der Waals surface area (Å²) in [5.74, 6) is -1.36. The van der Waals surface area contributed by atoms with Crippen molar-refractivity contribution in [3.05, 3.63) is 75.7 Å². The molecule has 204 valence electrons. The van der Waals surface area contributed by atoms with E-state index in [-0.39, 0.29) is 34.1 Å². The lowest BCUT2D eigenvalue weighted by atomic mass is 10.0. The number of rotatable bonds is 5. The first-order valence-electron chi connectivity index (χ1n) is 12.2. The molecule has 0 spiro atoms. The molecule has 2 aromatic carbocycles. The fraction of sp³-hybridized carbons (Fsp3) is 0.296. The number of carbonyl (C=O) groups excluding carboxylic acids is 2. The number of anilines is 2. The molecule has 2 aromatic heterocycles. The fourth-order valence-electron chi connectivity index (χ4n) is 4.72. The van der Waals surface area contributed by atoms with Crippen LogP contribution in [0.15, 0.2) is 53.1 Å². The number of benzene rings is 2. The van der Waals surface area contributed by atoms with Gasteiger partial charge in [0.05, 0.1) is 21.2 Å². The van der Waals surface area contributed by atoms with Gasteiger partial charge in [0.2, 0.25) is 11.5 Å². The molecule has 4 aromatic rings. The van der Waals surface area contributed by atoms with Crippen LogP contribution in [0, 0.1) is 5.92 Å². The first-order chi connectivity index (χ1) is 18.5. The lowest BCUT2D eigenvalue weighted by Crippen LogP contribution is -2.34. The van der Waals surface area contributed by atoms with E-state index in [1.807, 2.05) is 6.92 Å². The predicted octanol–water partition coefficient (Wildman–Crippen LogP) is 7.70. The maximum absolute atomic E-state index is 13.7. The van der Waals surface area contributed by atoms with E-state index in [9.17, 15) is 22.8 Å². The molecule has 1 amide bonds. The van der Waals surface area contributed by atoms with Gasteiger partial charge in [-0.1, -0.05) is 42.3 Å². The summed E-state index contributed by atoms with van der Waals surface area (Å²) < 4.78 is 48.0. The summed E-state index contributed by atoms with van der Waals surface area (Å²) in [7, 11) is 0. The summed E-state index contributed by atoms with van der Waals surface area (Å²) in [5.41, 5.74) is -0.0785. The van der Waals surface area contributed by atoms with Crippen molar-refractivity contribution in [2.75, 3.05) is 23.3 Å². The number of alkyl halides is 3. The molecule has 0 aliphatic carbocycles. The number of hydrogen-bond donors (Lipinski definition) is 1. The van der Waals surface area contributed by atoms with Crippen molar-refractivity contribution in [3.63, 3.8) is 0 Å². The van der Waals surface area contributed by atoms with Crippen molar-refractivity contribution < 1.29 is 27.2 Å². The Bertz CT molecular complexity index is 1540. The third kappa shape index (κ3) is 5.62. The second-order valence-corrected chi connectivity index (χ2v) is 10.4. The van der Waals surface area contributed by atoms with E-state index in [4.69, 9.17) is 27.6 Å². The third-order valence-electron chi connectivity index (χ3n) is 6.60. The van der Waals surface area contributed by atoms with Crippen LogP contribution in [0.25, 0.3) is 10.9 Å². The first-order valence-corrected chi connectivity index (χ1v) is 13.0. The van der Waals surface area contributed by atoms with Gasteiger partial charge in [0, 0.05) is 31.1 Å². The highest BCUT2D eigenvalue weighted by Gasteiger charge is 2.42. The van der Waals surface area contributed by atoms with Crippen LogP contribution in [0.3, 0.4) is 0 Å². The van der Waals surface area contributed by atoms with Crippen LogP contribution in [-0.2, 0) is 12.6 Å². The Kier molecular flexibility index (Phi) is 7.35. The molecule has 1 fully saturated rings. The Morgan fingerprint density at radius 2 is 1.90 bits per heavy atom. The van der Waals surface area contributed by atoms with Gasteiger partial charge in [-0.05, 0) is 54.7 Å². The van der Waals surface area contributed by atoms with Gasteiger partial charge in [0.15, 0.2) is 5.69 Å². The van der Waals surface area contributed by atoms with Gasteiger partial charge in [-0.25, -0.2) is 4.79 Å². The Morgan fingerprint density at radius 3 is 2.59 bits per heavy atom. The summed E-state index contributed by atoms with van der Waals surface area (Å²) in [5, 5.41) is 3.83. The fourth-order valence-corrected chi connectivity index (χ4v) is 5.21. The highest BCUT2D eigenvalue weighted by atomic mass is 35.5. The van der Waals surface area contributed by atoms with Crippen LogP contribution >= 0.6 is 23.2 Å². The van der Waals surface area contributed by atoms with Crippen LogP contribution < -0.4 is 10.2 Å².